The van der Waals surface area contributed by atoms with Crippen LogP contribution in [0.1, 0.15) is 53.4 Å². The molecule has 1 saturated carbocycles. The number of carbonyl (C=O) groups excluding carboxylic acids is 2. The zero-order chi connectivity index (χ0) is 20.2. The lowest BCUT2D eigenvalue weighted by atomic mass is 9.96. The molecule has 1 aromatic carbocycles. The van der Waals surface area contributed by atoms with Crippen LogP contribution in [-0.2, 0) is 11.2 Å². The number of benzene rings is 1. The van der Waals surface area contributed by atoms with Gasteiger partial charge in [0.15, 0.2) is 5.69 Å². The van der Waals surface area contributed by atoms with Crippen LogP contribution in [0.2, 0.25) is 0 Å². The van der Waals surface area contributed by atoms with Crippen molar-refractivity contribution in [1.82, 2.24) is 15.4 Å². The molecule has 2 aromatic rings. The third-order valence-corrected chi connectivity index (χ3v) is 5.84. The van der Waals surface area contributed by atoms with Crippen molar-refractivity contribution < 1.29 is 14.1 Å². The normalized spacial score (nSPS) is 18.4. The third kappa shape index (κ3) is 4.85. The highest BCUT2D eigenvalue weighted by Gasteiger charge is 2.31. The molecule has 1 atom stereocenters. The Balaban J connectivity index is 1.26. The minimum Gasteiger partial charge on any atom is -0.360 e. The molecular formula is C22H28N4O3. The van der Waals surface area contributed by atoms with Gasteiger partial charge in [0, 0.05) is 37.7 Å². The van der Waals surface area contributed by atoms with Gasteiger partial charge in [-0.1, -0.05) is 35.5 Å². The number of hydrogen-bond donors (Lipinski definition) is 2. The van der Waals surface area contributed by atoms with Crippen LogP contribution in [0.3, 0.4) is 0 Å². The van der Waals surface area contributed by atoms with E-state index in [2.05, 4.69) is 10.5 Å². The summed E-state index contributed by atoms with van der Waals surface area (Å²) in [6, 6.07) is 11.8. The first kappa shape index (κ1) is 19.6. The highest BCUT2D eigenvalue weighted by Crippen LogP contribution is 2.40. The Morgan fingerprint density at radius 2 is 1.90 bits per heavy atom. The Hall–Kier alpha value is -2.67. The van der Waals surface area contributed by atoms with E-state index in [1.54, 1.807) is 6.07 Å². The second-order valence-electron chi connectivity index (χ2n) is 8.08. The van der Waals surface area contributed by atoms with E-state index in [9.17, 15) is 9.59 Å². The van der Waals surface area contributed by atoms with Gasteiger partial charge in [-0.15, -0.1) is 0 Å². The topological polar surface area (TPSA) is 101 Å². The van der Waals surface area contributed by atoms with Crippen LogP contribution < -0.4 is 11.1 Å². The van der Waals surface area contributed by atoms with Gasteiger partial charge >= 0.3 is 0 Å². The number of rotatable bonds is 7. The summed E-state index contributed by atoms with van der Waals surface area (Å²) >= 11 is 0. The summed E-state index contributed by atoms with van der Waals surface area (Å²) < 4.78 is 5.26. The fourth-order valence-electron chi connectivity index (χ4n) is 3.89. The lowest BCUT2D eigenvalue weighted by Gasteiger charge is -2.34. The van der Waals surface area contributed by atoms with Gasteiger partial charge in [-0.05, 0) is 37.7 Å². The molecule has 2 fully saturated rings. The summed E-state index contributed by atoms with van der Waals surface area (Å²) in [5.74, 6) is 0.937. The summed E-state index contributed by atoms with van der Waals surface area (Å²) in [6.45, 7) is 1.59. The molecule has 154 valence electrons. The van der Waals surface area contributed by atoms with Crippen LogP contribution in [-0.4, -0.2) is 47.5 Å². The van der Waals surface area contributed by atoms with E-state index in [0.717, 1.165) is 37.0 Å². The molecule has 3 N–H and O–H groups in total. The predicted molar refractivity (Wildman–Crippen MR) is 108 cm³/mol. The molecule has 0 unspecified atom stereocenters. The van der Waals surface area contributed by atoms with Crippen molar-refractivity contribution in [3.63, 3.8) is 0 Å². The number of hydrogen-bond acceptors (Lipinski definition) is 5. The first-order chi connectivity index (χ1) is 14.1. The highest BCUT2D eigenvalue weighted by molar-refractivity contribution is 5.92. The molecule has 1 aromatic heterocycles. The second kappa shape index (κ2) is 8.78. The Kier molecular flexibility index (Phi) is 5.94. The number of aromatic nitrogens is 1. The lowest BCUT2D eigenvalue weighted by molar-refractivity contribution is -0.136. The molecular weight excluding hydrogens is 368 g/mol. The van der Waals surface area contributed by atoms with Crippen molar-refractivity contribution in [3.8, 4) is 0 Å². The van der Waals surface area contributed by atoms with E-state index in [-0.39, 0.29) is 23.8 Å². The van der Waals surface area contributed by atoms with Gasteiger partial charge in [0.25, 0.3) is 5.91 Å². The number of likely N-dealkylation sites (tertiary alicyclic amines) is 1. The number of nitrogens with two attached hydrogens (primary N) is 1. The first-order valence-corrected chi connectivity index (χ1v) is 10.4. The van der Waals surface area contributed by atoms with Gasteiger partial charge < -0.3 is 20.5 Å². The Labute approximate surface area is 170 Å². The third-order valence-electron chi connectivity index (χ3n) is 5.84. The summed E-state index contributed by atoms with van der Waals surface area (Å²) in [7, 11) is 0. The number of amides is 2. The minimum absolute atomic E-state index is 0.0399. The molecule has 4 rings (SSSR count). The van der Waals surface area contributed by atoms with Gasteiger partial charge in [0.05, 0.1) is 5.92 Å². The minimum atomic E-state index is -0.209. The second-order valence-corrected chi connectivity index (χ2v) is 8.08. The van der Waals surface area contributed by atoms with Gasteiger partial charge in [0.2, 0.25) is 5.91 Å². The Bertz CT molecular complexity index is 839. The molecule has 0 radical (unpaired) electrons. The molecule has 1 aliphatic heterocycles. The monoisotopic (exact) mass is 396 g/mol. The molecule has 2 amide bonds. The van der Waals surface area contributed by atoms with Crippen LogP contribution in [0.15, 0.2) is 40.9 Å². The largest absolute Gasteiger partial charge is 0.360 e. The maximum atomic E-state index is 12.9. The summed E-state index contributed by atoms with van der Waals surface area (Å²) in [5, 5.41) is 6.92. The van der Waals surface area contributed by atoms with E-state index >= 15 is 0 Å². The van der Waals surface area contributed by atoms with Crippen LogP contribution in [0, 0.1) is 5.92 Å². The van der Waals surface area contributed by atoms with Crippen molar-refractivity contribution in [2.24, 2.45) is 11.7 Å². The molecule has 1 saturated heterocycles. The molecule has 0 bridgehead atoms. The lowest BCUT2D eigenvalue weighted by Crippen LogP contribution is -2.49. The number of carbonyl (C=O) groups is 2. The quantitative estimate of drug-likeness (QED) is 0.746. The van der Waals surface area contributed by atoms with Gasteiger partial charge in [-0.2, -0.15) is 0 Å². The summed E-state index contributed by atoms with van der Waals surface area (Å²) in [5.41, 5.74) is 7.36. The van der Waals surface area contributed by atoms with Gasteiger partial charge in [-0.25, -0.2) is 0 Å². The smallest absolute Gasteiger partial charge is 0.273 e. The van der Waals surface area contributed by atoms with Gasteiger partial charge in [-0.3, -0.25) is 9.59 Å². The summed E-state index contributed by atoms with van der Waals surface area (Å²) in [6.07, 6.45) is 4.33. The average molecular weight is 396 g/mol. The van der Waals surface area contributed by atoms with Crippen molar-refractivity contribution in [2.45, 2.75) is 44.1 Å². The Morgan fingerprint density at radius 3 is 2.55 bits per heavy atom. The Morgan fingerprint density at radius 1 is 1.17 bits per heavy atom. The van der Waals surface area contributed by atoms with E-state index in [1.165, 1.54) is 0 Å². The standard InChI is InChI=1S/C22H28N4O3/c23-14-17(12-15-4-2-1-3-5-15)22(28)26-10-8-18(9-11-26)24-21(27)19-13-20(29-25-19)16-6-7-16/h1-5,13,16-18H,6-12,14,23H2,(H,24,27)/t17-/m0/s1. The molecule has 2 heterocycles. The molecule has 0 spiro atoms. The van der Waals surface area contributed by atoms with Crippen molar-refractivity contribution in [1.29, 1.82) is 0 Å². The zero-order valence-electron chi connectivity index (χ0n) is 16.5. The fourth-order valence-corrected chi connectivity index (χ4v) is 3.89. The average Bonchev–Trinajstić information content (AvgIpc) is 3.49. The van der Waals surface area contributed by atoms with Crippen LogP contribution in [0.4, 0.5) is 0 Å². The highest BCUT2D eigenvalue weighted by atomic mass is 16.5. The molecule has 2 aliphatic rings. The van der Waals surface area contributed by atoms with Crippen molar-refractivity contribution >= 4 is 11.8 Å². The number of nitrogens with zero attached hydrogens (tertiary/aromatic N) is 2. The van der Waals surface area contributed by atoms with E-state index in [4.69, 9.17) is 10.3 Å². The molecule has 29 heavy (non-hydrogen) atoms. The maximum Gasteiger partial charge on any atom is 0.273 e. The van der Waals surface area contributed by atoms with Crippen LogP contribution >= 0.6 is 0 Å². The molecule has 7 nitrogen and oxygen atoms in total. The number of nitrogens with one attached hydrogen (secondary N) is 1. The van der Waals surface area contributed by atoms with Gasteiger partial charge in [0.1, 0.15) is 5.76 Å². The van der Waals surface area contributed by atoms with E-state index < -0.39 is 0 Å². The van der Waals surface area contributed by atoms with Crippen LogP contribution in [0.25, 0.3) is 0 Å². The molecule has 7 heteroatoms. The fraction of sp³-hybridized carbons (Fsp3) is 0.500. The summed E-state index contributed by atoms with van der Waals surface area (Å²) in [4.78, 5) is 27.2. The predicted octanol–water partition coefficient (Wildman–Crippen LogP) is 2.09. The first-order valence-electron chi connectivity index (χ1n) is 10.4. The molecule has 1 aliphatic carbocycles. The zero-order valence-corrected chi connectivity index (χ0v) is 16.5. The van der Waals surface area contributed by atoms with E-state index in [1.807, 2.05) is 35.2 Å². The van der Waals surface area contributed by atoms with E-state index in [0.29, 0.717) is 37.7 Å². The maximum absolute atomic E-state index is 12.9. The van der Waals surface area contributed by atoms with Crippen LogP contribution in [0.5, 0.6) is 0 Å². The number of piperidine rings is 1. The van der Waals surface area contributed by atoms with Crippen molar-refractivity contribution in [3.05, 3.63) is 53.4 Å². The SMILES string of the molecule is NC[C@H](Cc1ccccc1)C(=O)N1CCC(NC(=O)c2cc(C3CC3)on2)CC1. The van der Waals surface area contributed by atoms with Crippen molar-refractivity contribution in [2.75, 3.05) is 19.6 Å².